The lowest BCUT2D eigenvalue weighted by molar-refractivity contribution is 0.0636. The van der Waals surface area contributed by atoms with Crippen LogP contribution in [0.3, 0.4) is 0 Å². The lowest BCUT2D eigenvalue weighted by Crippen LogP contribution is -2.27. The lowest BCUT2D eigenvalue weighted by atomic mass is 10.1. The van der Waals surface area contributed by atoms with Gasteiger partial charge in [0.15, 0.2) is 0 Å². The molecule has 0 aliphatic heterocycles. The molecule has 2 N–H and O–H groups in total. The molecule has 3 aromatic rings. The van der Waals surface area contributed by atoms with Gasteiger partial charge in [0.2, 0.25) is 0 Å². The number of H-pyrrole nitrogens is 1. The molecule has 1 unspecified atom stereocenters. The highest BCUT2D eigenvalue weighted by molar-refractivity contribution is 7.80. The van der Waals surface area contributed by atoms with Crippen LogP contribution in [0.25, 0.3) is 11.3 Å². The fourth-order valence-corrected chi connectivity index (χ4v) is 3.33. The number of amides is 1. The largest absolute Gasteiger partial charge is 0.497 e. The molecule has 0 aliphatic rings. The van der Waals surface area contributed by atoms with Crippen molar-refractivity contribution in [3.63, 3.8) is 0 Å². The monoisotopic (exact) mass is 464 g/mol. The molecule has 3 rings (SSSR count). The summed E-state index contributed by atoms with van der Waals surface area (Å²) >= 11 is 4.63. The molecule has 1 atom stereocenters. The summed E-state index contributed by atoms with van der Waals surface area (Å²) in [7, 11) is 1.53. The van der Waals surface area contributed by atoms with Crippen LogP contribution in [0.1, 0.15) is 43.0 Å². The fraction of sp³-hybridized carbons (Fsp3) is 0.250. The third kappa shape index (κ3) is 5.93. The number of hydrogen-bond donors (Lipinski definition) is 3. The van der Waals surface area contributed by atoms with Crippen molar-refractivity contribution in [1.29, 1.82) is 5.26 Å². The summed E-state index contributed by atoms with van der Waals surface area (Å²) in [5.41, 5.74) is 0.859. The number of nitrogens with zero attached hydrogens (tertiary/aromatic N) is 2. The summed E-state index contributed by atoms with van der Waals surface area (Å²) in [4.78, 5) is 31.7. The van der Waals surface area contributed by atoms with Gasteiger partial charge in [0.1, 0.15) is 28.8 Å². The summed E-state index contributed by atoms with van der Waals surface area (Å²) < 4.78 is 10.5. The van der Waals surface area contributed by atoms with Crippen LogP contribution in [0.4, 0.5) is 10.5 Å². The highest BCUT2D eigenvalue weighted by atomic mass is 32.1. The smallest absolute Gasteiger partial charge is 0.412 e. The number of rotatable bonds is 5. The van der Waals surface area contributed by atoms with Crippen LogP contribution in [-0.4, -0.2) is 28.8 Å². The first-order valence-corrected chi connectivity index (χ1v) is 10.6. The van der Waals surface area contributed by atoms with Crippen LogP contribution in [-0.2, 0) is 4.74 Å². The number of benzene rings is 2. The maximum Gasteiger partial charge on any atom is 0.412 e. The van der Waals surface area contributed by atoms with Crippen molar-refractivity contribution >= 4 is 24.4 Å². The van der Waals surface area contributed by atoms with Crippen molar-refractivity contribution in [1.82, 2.24) is 9.97 Å². The van der Waals surface area contributed by atoms with Gasteiger partial charge in [0.05, 0.1) is 18.1 Å². The third-order valence-electron chi connectivity index (χ3n) is 4.52. The Morgan fingerprint density at radius 3 is 2.52 bits per heavy atom. The molecule has 0 saturated heterocycles. The molecule has 9 heteroatoms. The zero-order chi connectivity index (χ0) is 24.2. The molecule has 1 heterocycles. The second kappa shape index (κ2) is 9.79. The predicted octanol–water partition coefficient (Wildman–Crippen LogP) is 4.68. The number of aromatic amines is 1. The van der Waals surface area contributed by atoms with E-state index in [1.54, 1.807) is 69.3 Å². The molecule has 8 nitrogen and oxygen atoms in total. The second-order valence-electron chi connectivity index (χ2n) is 8.17. The number of anilines is 1. The summed E-state index contributed by atoms with van der Waals surface area (Å²) in [6.45, 7) is 5.35. The molecule has 0 aliphatic carbocycles. The number of ether oxygens (including phenoxy) is 2. The summed E-state index contributed by atoms with van der Waals surface area (Å²) in [6, 6.07) is 15.8. The van der Waals surface area contributed by atoms with Gasteiger partial charge in [0.25, 0.3) is 5.56 Å². The number of methoxy groups -OCH3 is 1. The van der Waals surface area contributed by atoms with Gasteiger partial charge in [0, 0.05) is 11.3 Å². The lowest BCUT2D eigenvalue weighted by Gasteiger charge is -2.20. The Bertz CT molecular complexity index is 1260. The minimum Gasteiger partial charge on any atom is -0.497 e. The minimum atomic E-state index is -0.603. The molecule has 0 bridgehead atoms. The van der Waals surface area contributed by atoms with E-state index >= 15 is 0 Å². The first-order chi connectivity index (χ1) is 15.6. The maximum atomic E-state index is 12.6. The summed E-state index contributed by atoms with van der Waals surface area (Å²) in [5, 5.41) is 11.6. The highest BCUT2D eigenvalue weighted by Crippen LogP contribution is 2.29. The molecule has 33 heavy (non-hydrogen) atoms. The first kappa shape index (κ1) is 23.9. The summed E-state index contributed by atoms with van der Waals surface area (Å²) in [5.74, 6) is 0.864. The molecular formula is C24H24N4O4S. The van der Waals surface area contributed by atoms with Crippen LogP contribution >= 0.6 is 12.6 Å². The van der Waals surface area contributed by atoms with Gasteiger partial charge in [-0.1, -0.05) is 24.3 Å². The number of carbonyl (C=O) groups excluding carboxylic acids is 1. The normalized spacial score (nSPS) is 11.9. The van der Waals surface area contributed by atoms with Crippen molar-refractivity contribution in [2.75, 3.05) is 12.4 Å². The number of nitriles is 1. The van der Waals surface area contributed by atoms with E-state index in [4.69, 9.17) is 9.47 Å². The van der Waals surface area contributed by atoms with E-state index in [9.17, 15) is 14.9 Å². The molecule has 2 aromatic carbocycles. The van der Waals surface area contributed by atoms with Crippen LogP contribution in [0.15, 0.2) is 53.3 Å². The van der Waals surface area contributed by atoms with E-state index in [0.29, 0.717) is 17.0 Å². The Hall–Kier alpha value is -3.77. The van der Waals surface area contributed by atoms with Crippen LogP contribution in [0.5, 0.6) is 5.75 Å². The van der Waals surface area contributed by atoms with Gasteiger partial charge in [-0.15, -0.1) is 0 Å². The molecule has 170 valence electrons. The Labute approximate surface area is 197 Å². The van der Waals surface area contributed by atoms with Gasteiger partial charge in [-0.05, 0) is 50.6 Å². The Kier molecular flexibility index (Phi) is 7.09. The van der Waals surface area contributed by atoms with E-state index in [1.165, 1.54) is 7.11 Å². The van der Waals surface area contributed by atoms with Crippen molar-refractivity contribution in [2.24, 2.45) is 0 Å². The predicted molar refractivity (Wildman–Crippen MR) is 129 cm³/mol. The van der Waals surface area contributed by atoms with E-state index in [1.807, 2.05) is 6.07 Å². The van der Waals surface area contributed by atoms with E-state index in [0.717, 1.165) is 5.56 Å². The maximum absolute atomic E-state index is 12.6. The van der Waals surface area contributed by atoms with Crippen molar-refractivity contribution in [3.05, 3.63) is 75.8 Å². The number of nitrogens with one attached hydrogen (secondary N) is 2. The van der Waals surface area contributed by atoms with Gasteiger partial charge < -0.3 is 14.5 Å². The molecule has 0 spiro atoms. The molecule has 0 saturated carbocycles. The van der Waals surface area contributed by atoms with E-state index in [2.05, 4.69) is 27.9 Å². The molecule has 1 aromatic heterocycles. The zero-order valence-electron chi connectivity index (χ0n) is 18.7. The minimum absolute atomic E-state index is 0.0931. The topological polar surface area (TPSA) is 117 Å². The number of carbonyl (C=O) groups is 1. The Morgan fingerprint density at radius 1 is 1.21 bits per heavy atom. The van der Waals surface area contributed by atoms with Crippen LogP contribution < -0.4 is 15.6 Å². The second-order valence-corrected chi connectivity index (χ2v) is 8.69. The standard InChI is InChI=1S/C24H24N4O4S/c1-24(2,3)32-23(30)26-16-10-8-14(9-11-16)20(33)21-27-19(18(13-25)22(29)28-21)15-6-5-7-17(12-15)31-4/h5-12,20,33H,1-4H3,(H,26,30)(H,27,28,29). The quantitative estimate of drug-likeness (QED) is 0.472. The number of aromatic nitrogens is 2. The van der Waals surface area contributed by atoms with E-state index < -0.39 is 22.5 Å². The molecule has 1 amide bonds. The van der Waals surface area contributed by atoms with Crippen molar-refractivity contribution in [2.45, 2.75) is 31.6 Å². The SMILES string of the molecule is COc1cccc(-c2nc(C(S)c3ccc(NC(=O)OC(C)(C)C)cc3)[nH]c(=O)c2C#N)c1. The third-order valence-corrected chi connectivity index (χ3v) is 5.07. The highest BCUT2D eigenvalue weighted by Gasteiger charge is 2.20. The van der Waals surface area contributed by atoms with Gasteiger partial charge in [-0.25, -0.2) is 9.78 Å². The molecule has 0 radical (unpaired) electrons. The van der Waals surface area contributed by atoms with Crippen molar-refractivity contribution < 1.29 is 14.3 Å². The molecule has 0 fully saturated rings. The van der Waals surface area contributed by atoms with E-state index in [-0.39, 0.29) is 17.1 Å². The van der Waals surface area contributed by atoms with Crippen molar-refractivity contribution in [3.8, 4) is 23.1 Å². The number of thiol groups is 1. The van der Waals surface area contributed by atoms with Gasteiger partial charge >= 0.3 is 6.09 Å². The van der Waals surface area contributed by atoms with Gasteiger partial charge in [-0.3, -0.25) is 10.1 Å². The Balaban J connectivity index is 1.90. The van der Waals surface area contributed by atoms with Crippen LogP contribution in [0.2, 0.25) is 0 Å². The summed E-state index contributed by atoms with van der Waals surface area (Å²) in [6.07, 6.45) is -0.557. The first-order valence-electron chi connectivity index (χ1n) is 10.1. The molecular weight excluding hydrogens is 440 g/mol. The van der Waals surface area contributed by atoms with Gasteiger partial charge in [-0.2, -0.15) is 17.9 Å². The van der Waals surface area contributed by atoms with Crippen LogP contribution in [0, 0.1) is 11.3 Å². The number of hydrogen-bond acceptors (Lipinski definition) is 7. The average molecular weight is 465 g/mol. The fourth-order valence-electron chi connectivity index (χ4n) is 3.03. The Morgan fingerprint density at radius 2 is 1.91 bits per heavy atom. The zero-order valence-corrected chi connectivity index (χ0v) is 19.6. The average Bonchev–Trinajstić information content (AvgIpc) is 2.77.